The molecule has 1 aromatic rings. The molecule has 0 aromatic carbocycles. The van der Waals surface area contributed by atoms with Crippen molar-refractivity contribution < 1.29 is 9.59 Å². The van der Waals surface area contributed by atoms with E-state index in [1.165, 1.54) is 10.4 Å². The van der Waals surface area contributed by atoms with E-state index in [1.807, 2.05) is 11.0 Å². The zero-order valence-electron chi connectivity index (χ0n) is 15.7. The Hall–Kier alpha value is -1.40. The lowest BCUT2D eigenvalue weighted by molar-refractivity contribution is -0.137. The predicted octanol–water partition coefficient (Wildman–Crippen LogP) is 2.11. The first-order chi connectivity index (χ1) is 11.9. The number of piperazine rings is 1. The summed E-state index contributed by atoms with van der Waals surface area (Å²) >= 11 is 1.60. The summed E-state index contributed by atoms with van der Waals surface area (Å²) in [6.45, 7) is 8.05. The molecular formula is C19H29N3O2S. The van der Waals surface area contributed by atoms with Gasteiger partial charge in [0.1, 0.15) is 0 Å². The van der Waals surface area contributed by atoms with Crippen LogP contribution < -0.4 is 0 Å². The van der Waals surface area contributed by atoms with E-state index in [1.54, 1.807) is 30.3 Å². The van der Waals surface area contributed by atoms with Crippen molar-refractivity contribution in [1.29, 1.82) is 0 Å². The highest BCUT2D eigenvalue weighted by Crippen LogP contribution is 2.33. The van der Waals surface area contributed by atoms with Gasteiger partial charge in [-0.05, 0) is 44.7 Å². The van der Waals surface area contributed by atoms with Crippen molar-refractivity contribution in [3.05, 3.63) is 21.4 Å². The molecule has 1 atom stereocenters. The van der Waals surface area contributed by atoms with Gasteiger partial charge in [-0.15, -0.1) is 11.3 Å². The van der Waals surface area contributed by atoms with Gasteiger partial charge in [-0.1, -0.05) is 0 Å². The van der Waals surface area contributed by atoms with Crippen LogP contribution in [0.25, 0.3) is 0 Å². The number of amides is 2. The molecule has 1 aliphatic heterocycles. The highest BCUT2D eigenvalue weighted by molar-refractivity contribution is 7.14. The third-order valence-electron chi connectivity index (χ3n) is 5.41. The lowest BCUT2D eigenvalue weighted by atomic mass is 9.87. The van der Waals surface area contributed by atoms with Crippen LogP contribution >= 0.6 is 11.3 Å². The number of nitrogens with zero attached hydrogens (tertiary/aromatic N) is 3. The summed E-state index contributed by atoms with van der Waals surface area (Å²) in [6.07, 6.45) is 2.62. The quantitative estimate of drug-likeness (QED) is 0.826. The van der Waals surface area contributed by atoms with Crippen LogP contribution in [0.15, 0.2) is 6.07 Å². The maximum atomic E-state index is 12.9. The van der Waals surface area contributed by atoms with E-state index in [0.717, 1.165) is 50.3 Å². The number of hydrogen-bond acceptors (Lipinski definition) is 4. The summed E-state index contributed by atoms with van der Waals surface area (Å²) < 4.78 is 0. The van der Waals surface area contributed by atoms with Crippen molar-refractivity contribution in [2.24, 2.45) is 5.92 Å². The second kappa shape index (κ2) is 7.46. The van der Waals surface area contributed by atoms with E-state index in [9.17, 15) is 9.59 Å². The van der Waals surface area contributed by atoms with Crippen molar-refractivity contribution in [2.75, 3.05) is 40.3 Å². The number of carbonyl (C=O) groups excluding carboxylic acids is 2. The van der Waals surface area contributed by atoms with Crippen molar-refractivity contribution in [3.63, 3.8) is 0 Å². The fraction of sp³-hybridized carbons (Fsp3) is 0.684. The van der Waals surface area contributed by atoms with Gasteiger partial charge in [0.25, 0.3) is 5.91 Å². The summed E-state index contributed by atoms with van der Waals surface area (Å²) in [5.74, 6) is 0.447. The highest BCUT2D eigenvalue weighted by atomic mass is 32.1. The van der Waals surface area contributed by atoms with E-state index in [0.29, 0.717) is 11.9 Å². The van der Waals surface area contributed by atoms with Gasteiger partial charge in [0.05, 0.1) is 4.88 Å². The molecule has 2 heterocycles. The van der Waals surface area contributed by atoms with Crippen molar-refractivity contribution in [2.45, 2.75) is 39.2 Å². The summed E-state index contributed by atoms with van der Waals surface area (Å²) in [4.78, 5) is 33.3. The maximum absolute atomic E-state index is 12.9. The lowest BCUT2D eigenvalue weighted by Gasteiger charge is -2.38. The SMILES string of the molecule is CC(C)N1CCN(C(=O)C2CCc3sc(C(=O)N(C)C)cc3C2)CC1. The van der Waals surface area contributed by atoms with Crippen LogP contribution in [0.4, 0.5) is 0 Å². The van der Waals surface area contributed by atoms with Crippen LogP contribution in [0, 0.1) is 5.92 Å². The topological polar surface area (TPSA) is 43.9 Å². The molecule has 0 bridgehead atoms. The number of fused-ring (bicyclic) bond motifs is 1. The Morgan fingerprint density at radius 3 is 2.48 bits per heavy atom. The van der Waals surface area contributed by atoms with Crippen LogP contribution in [0.1, 0.15) is 40.4 Å². The Morgan fingerprint density at radius 2 is 1.88 bits per heavy atom. The largest absolute Gasteiger partial charge is 0.344 e. The fourth-order valence-electron chi connectivity index (χ4n) is 3.78. The zero-order chi connectivity index (χ0) is 18.1. The molecule has 1 saturated heterocycles. The first kappa shape index (κ1) is 18.4. The molecule has 138 valence electrons. The number of thiophene rings is 1. The molecule has 25 heavy (non-hydrogen) atoms. The minimum Gasteiger partial charge on any atom is -0.344 e. The molecule has 1 aliphatic carbocycles. The Bertz CT molecular complexity index is 645. The standard InChI is InChI=1S/C19H29N3O2S/c1-13(2)21-7-9-22(10-8-21)18(23)14-5-6-16-15(11-14)12-17(25-16)19(24)20(3)4/h12-14H,5-11H2,1-4H3. The van der Waals surface area contributed by atoms with E-state index < -0.39 is 0 Å². The Kier molecular flexibility index (Phi) is 5.49. The summed E-state index contributed by atoms with van der Waals surface area (Å²) in [5.41, 5.74) is 1.21. The number of aryl methyl sites for hydroxylation is 1. The molecule has 0 N–H and O–H groups in total. The van der Waals surface area contributed by atoms with E-state index >= 15 is 0 Å². The van der Waals surface area contributed by atoms with Crippen molar-refractivity contribution >= 4 is 23.2 Å². The molecule has 0 saturated carbocycles. The Morgan fingerprint density at radius 1 is 1.20 bits per heavy atom. The van der Waals surface area contributed by atoms with E-state index in [4.69, 9.17) is 0 Å². The number of hydrogen-bond donors (Lipinski definition) is 0. The molecule has 3 rings (SSSR count). The second-order valence-electron chi connectivity index (χ2n) is 7.65. The third-order valence-corrected chi connectivity index (χ3v) is 6.63. The summed E-state index contributed by atoms with van der Waals surface area (Å²) in [5, 5.41) is 0. The smallest absolute Gasteiger partial charge is 0.263 e. The first-order valence-corrected chi connectivity index (χ1v) is 10.0. The Labute approximate surface area is 154 Å². The molecule has 2 aliphatic rings. The van der Waals surface area contributed by atoms with Crippen molar-refractivity contribution in [1.82, 2.24) is 14.7 Å². The van der Waals surface area contributed by atoms with Crippen LogP contribution in [0.3, 0.4) is 0 Å². The molecule has 1 fully saturated rings. The minimum atomic E-state index is 0.0621. The second-order valence-corrected chi connectivity index (χ2v) is 8.79. The first-order valence-electron chi connectivity index (χ1n) is 9.23. The predicted molar refractivity (Wildman–Crippen MR) is 101 cm³/mol. The van der Waals surface area contributed by atoms with Gasteiger partial charge in [0, 0.05) is 57.1 Å². The van der Waals surface area contributed by atoms with Gasteiger partial charge in [0.15, 0.2) is 0 Å². The van der Waals surface area contributed by atoms with Crippen molar-refractivity contribution in [3.8, 4) is 0 Å². The van der Waals surface area contributed by atoms with Gasteiger partial charge < -0.3 is 9.80 Å². The lowest BCUT2D eigenvalue weighted by Crippen LogP contribution is -2.52. The molecule has 2 amide bonds. The molecule has 0 radical (unpaired) electrons. The summed E-state index contributed by atoms with van der Waals surface area (Å²) in [6, 6.07) is 2.56. The van der Waals surface area contributed by atoms with Crippen LogP contribution in [-0.4, -0.2) is 72.8 Å². The van der Waals surface area contributed by atoms with Crippen LogP contribution in [0.2, 0.25) is 0 Å². The monoisotopic (exact) mass is 363 g/mol. The normalized spacial score (nSPS) is 21.3. The molecule has 0 spiro atoms. The number of carbonyl (C=O) groups is 2. The molecular weight excluding hydrogens is 334 g/mol. The fourth-order valence-corrected chi connectivity index (χ4v) is 5.01. The van der Waals surface area contributed by atoms with E-state index in [2.05, 4.69) is 18.7 Å². The van der Waals surface area contributed by atoms with Gasteiger partial charge in [0.2, 0.25) is 5.91 Å². The number of rotatable bonds is 3. The highest BCUT2D eigenvalue weighted by Gasteiger charge is 2.32. The third kappa shape index (κ3) is 3.90. The zero-order valence-corrected chi connectivity index (χ0v) is 16.6. The van der Waals surface area contributed by atoms with Gasteiger partial charge in [-0.25, -0.2) is 0 Å². The molecule has 1 unspecified atom stereocenters. The summed E-state index contributed by atoms with van der Waals surface area (Å²) in [7, 11) is 3.56. The van der Waals surface area contributed by atoms with E-state index in [-0.39, 0.29) is 11.8 Å². The molecule has 6 heteroatoms. The van der Waals surface area contributed by atoms with Gasteiger partial charge >= 0.3 is 0 Å². The Balaban J connectivity index is 1.63. The average molecular weight is 364 g/mol. The average Bonchev–Trinajstić information content (AvgIpc) is 3.03. The van der Waals surface area contributed by atoms with Crippen LogP contribution in [0.5, 0.6) is 0 Å². The maximum Gasteiger partial charge on any atom is 0.263 e. The van der Waals surface area contributed by atoms with Gasteiger partial charge in [-0.2, -0.15) is 0 Å². The van der Waals surface area contributed by atoms with Gasteiger partial charge in [-0.3, -0.25) is 14.5 Å². The molecule has 5 nitrogen and oxygen atoms in total. The molecule has 1 aromatic heterocycles. The minimum absolute atomic E-state index is 0.0621. The van der Waals surface area contributed by atoms with Crippen LogP contribution in [-0.2, 0) is 17.6 Å².